The topological polar surface area (TPSA) is 60.9 Å². The second kappa shape index (κ2) is 7.30. The van der Waals surface area contributed by atoms with Gasteiger partial charge >= 0.3 is 12.0 Å². The summed E-state index contributed by atoms with van der Waals surface area (Å²) in [5, 5.41) is 10.7. The first-order valence-corrected chi connectivity index (χ1v) is 7.17. The van der Waals surface area contributed by atoms with E-state index in [9.17, 15) is 9.59 Å². The molecule has 0 aliphatic rings. The van der Waals surface area contributed by atoms with E-state index < -0.39 is 5.97 Å². The summed E-state index contributed by atoms with van der Waals surface area (Å²) in [6.45, 7) is 3.85. The van der Waals surface area contributed by atoms with Gasteiger partial charge in [0.25, 0.3) is 0 Å². The van der Waals surface area contributed by atoms with E-state index >= 15 is 0 Å². The van der Waals surface area contributed by atoms with E-state index in [2.05, 4.69) is 22.5 Å². The zero-order valence-corrected chi connectivity index (χ0v) is 12.9. The fourth-order valence-corrected chi connectivity index (χ4v) is 2.74. The van der Waals surface area contributed by atoms with Gasteiger partial charge in [-0.05, 0) is 32.9 Å². The molecule has 0 radical (unpaired) electrons. The quantitative estimate of drug-likeness (QED) is 0.805. The molecule has 1 heterocycles. The van der Waals surface area contributed by atoms with Crippen molar-refractivity contribution in [2.45, 2.75) is 6.54 Å². The molecule has 0 spiro atoms. The first-order valence-electron chi connectivity index (χ1n) is 5.49. The Morgan fingerprint density at radius 1 is 1.58 bits per heavy atom. The molecule has 104 valence electrons. The molecule has 0 aliphatic heterocycles. The number of thiophene rings is 1. The maximum atomic E-state index is 12.1. The molecule has 0 aromatic carbocycles. The molecule has 0 bridgehead atoms. The van der Waals surface area contributed by atoms with E-state index in [-0.39, 0.29) is 19.1 Å². The Kier molecular flexibility index (Phi) is 6.04. The third kappa shape index (κ3) is 5.04. The van der Waals surface area contributed by atoms with E-state index in [0.717, 1.165) is 9.35 Å². The van der Waals surface area contributed by atoms with Gasteiger partial charge in [-0.25, -0.2) is 4.79 Å². The first kappa shape index (κ1) is 15.7. The second-order valence-electron chi connectivity index (χ2n) is 3.96. The highest BCUT2D eigenvalue weighted by atomic mass is 79.9. The summed E-state index contributed by atoms with van der Waals surface area (Å²) < 4.78 is 0.997. The molecule has 0 saturated carbocycles. The highest BCUT2D eigenvalue weighted by molar-refractivity contribution is 9.11. The maximum Gasteiger partial charge on any atom is 0.323 e. The molecule has 2 amide bonds. The number of rotatable bonds is 6. The molecule has 19 heavy (non-hydrogen) atoms. The largest absolute Gasteiger partial charge is 0.480 e. The van der Waals surface area contributed by atoms with Gasteiger partial charge in [-0.1, -0.05) is 6.08 Å². The molecule has 5 nitrogen and oxygen atoms in total. The SMILES string of the molecule is C=CCN(CC(=O)O)C(=O)N(C)Cc1csc(Br)c1. The van der Waals surface area contributed by atoms with Crippen LogP contribution in [-0.2, 0) is 11.3 Å². The molecule has 7 heteroatoms. The van der Waals surface area contributed by atoms with Gasteiger partial charge in [0.1, 0.15) is 6.54 Å². The van der Waals surface area contributed by atoms with E-state index in [1.165, 1.54) is 15.9 Å². The van der Waals surface area contributed by atoms with Gasteiger partial charge in [0, 0.05) is 20.1 Å². The smallest absolute Gasteiger partial charge is 0.323 e. The standard InChI is InChI=1S/C12H15BrN2O3S/c1-3-4-15(7-11(16)17)12(18)14(2)6-9-5-10(13)19-8-9/h3,5,8H,1,4,6-7H2,2H3,(H,16,17). The fourth-order valence-electron chi connectivity index (χ4n) is 1.54. The van der Waals surface area contributed by atoms with Crippen molar-refractivity contribution >= 4 is 39.3 Å². The van der Waals surface area contributed by atoms with Gasteiger partial charge in [0.2, 0.25) is 0 Å². The minimum Gasteiger partial charge on any atom is -0.480 e. The lowest BCUT2D eigenvalue weighted by molar-refractivity contribution is -0.137. The molecule has 0 saturated heterocycles. The number of carbonyl (C=O) groups excluding carboxylic acids is 1. The van der Waals surface area contributed by atoms with Gasteiger partial charge in [0.15, 0.2) is 0 Å². The van der Waals surface area contributed by atoms with E-state index in [0.29, 0.717) is 6.54 Å². The summed E-state index contributed by atoms with van der Waals surface area (Å²) in [5.41, 5.74) is 1.00. The number of carbonyl (C=O) groups is 2. The third-order valence-corrected chi connectivity index (χ3v) is 3.87. The number of urea groups is 1. The lowest BCUT2D eigenvalue weighted by Crippen LogP contribution is -2.43. The van der Waals surface area contributed by atoms with Crippen molar-refractivity contribution in [1.29, 1.82) is 0 Å². The van der Waals surface area contributed by atoms with Crippen LogP contribution in [0.25, 0.3) is 0 Å². The van der Waals surface area contributed by atoms with Crippen molar-refractivity contribution in [1.82, 2.24) is 9.80 Å². The van der Waals surface area contributed by atoms with Gasteiger partial charge in [-0.15, -0.1) is 17.9 Å². The Balaban J connectivity index is 2.66. The summed E-state index contributed by atoms with van der Waals surface area (Å²) in [6.07, 6.45) is 1.51. The summed E-state index contributed by atoms with van der Waals surface area (Å²) >= 11 is 4.90. The Morgan fingerprint density at radius 2 is 2.26 bits per heavy atom. The average molecular weight is 347 g/mol. The maximum absolute atomic E-state index is 12.1. The van der Waals surface area contributed by atoms with Crippen LogP contribution in [0, 0.1) is 0 Å². The highest BCUT2D eigenvalue weighted by Gasteiger charge is 2.19. The zero-order chi connectivity index (χ0) is 14.4. The first-order chi connectivity index (χ1) is 8.93. The van der Waals surface area contributed by atoms with E-state index in [4.69, 9.17) is 5.11 Å². The normalized spacial score (nSPS) is 10.0. The molecule has 1 N–H and O–H groups in total. The van der Waals surface area contributed by atoms with Crippen molar-refractivity contribution in [3.8, 4) is 0 Å². The molecular formula is C12H15BrN2O3S. The van der Waals surface area contributed by atoms with Crippen LogP contribution in [0.4, 0.5) is 4.79 Å². The number of nitrogens with zero attached hydrogens (tertiary/aromatic N) is 2. The fraction of sp³-hybridized carbons (Fsp3) is 0.333. The van der Waals surface area contributed by atoms with E-state index in [1.807, 2.05) is 11.4 Å². The summed E-state index contributed by atoms with van der Waals surface area (Å²) in [6, 6.07) is 1.60. The molecule has 0 aliphatic carbocycles. The average Bonchev–Trinajstić information content (AvgIpc) is 2.72. The van der Waals surface area contributed by atoms with Crippen LogP contribution in [0.3, 0.4) is 0 Å². The molecule has 0 atom stereocenters. The number of amides is 2. The van der Waals surface area contributed by atoms with Crippen molar-refractivity contribution in [2.24, 2.45) is 0 Å². The van der Waals surface area contributed by atoms with Crippen molar-refractivity contribution in [2.75, 3.05) is 20.1 Å². The van der Waals surface area contributed by atoms with Crippen LogP contribution in [0.1, 0.15) is 5.56 Å². The van der Waals surface area contributed by atoms with Crippen molar-refractivity contribution in [3.63, 3.8) is 0 Å². The monoisotopic (exact) mass is 346 g/mol. The molecule has 0 fully saturated rings. The lowest BCUT2D eigenvalue weighted by atomic mass is 10.3. The molecule has 0 unspecified atom stereocenters. The Bertz CT molecular complexity index is 475. The minimum absolute atomic E-state index is 0.211. The molecule has 1 aromatic rings. The Labute approximate surface area is 124 Å². The van der Waals surface area contributed by atoms with Crippen LogP contribution in [-0.4, -0.2) is 47.0 Å². The van der Waals surface area contributed by atoms with Crippen LogP contribution in [0.15, 0.2) is 27.9 Å². The molecular weight excluding hydrogens is 332 g/mol. The summed E-state index contributed by atoms with van der Waals surface area (Å²) in [7, 11) is 1.64. The van der Waals surface area contributed by atoms with E-state index in [1.54, 1.807) is 18.4 Å². The number of halogens is 1. The summed E-state index contributed by atoms with van der Waals surface area (Å²) in [5.74, 6) is -1.04. The van der Waals surface area contributed by atoms with Crippen LogP contribution in [0.5, 0.6) is 0 Å². The predicted octanol–water partition coefficient (Wildman–Crippen LogP) is 2.64. The summed E-state index contributed by atoms with van der Waals surface area (Å²) in [4.78, 5) is 25.6. The van der Waals surface area contributed by atoms with Gasteiger partial charge in [-0.3, -0.25) is 4.79 Å². The third-order valence-electron chi connectivity index (χ3n) is 2.31. The molecule has 1 aromatic heterocycles. The van der Waals surface area contributed by atoms with Crippen molar-refractivity contribution in [3.05, 3.63) is 33.5 Å². The van der Waals surface area contributed by atoms with Crippen LogP contribution < -0.4 is 0 Å². The van der Waals surface area contributed by atoms with Crippen LogP contribution in [0.2, 0.25) is 0 Å². The molecule has 1 rings (SSSR count). The Hall–Kier alpha value is -1.34. The van der Waals surface area contributed by atoms with Gasteiger partial charge < -0.3 is 14.9 Å². The van der Waals surface area contributed by atoms with Crippen LogP contribution >= 0.6 is 27.3 Å². The zero-order valence-electron chi connectivity index (χ0n) is 10.5. The predicted molar refractivity (Wildman–Crippen MR) is 78.3 cm³/mol. The second-order valence-corrected chi connectivity index (χ2v) is 6.25. The van der Waals surface area contributed by atoms with Gasteiger partial charge in [-0.2, -0.15) is 0 Å². The van der Waals surface area contributed by atoms with Gasteiger partial charge in [0.05, 0.1) is 3.79 Å². The van der Waals surface area contributed by atoms with Crippen molar-refractivity contribution < 1.29 is 14.7 Å². The number of hydrogen-bond acceptors (Lipinski definition) is 3. The number of hydrogen-bond donors (Lipinski definition) is 1. The number of aliphatic carboxylic acids is 1. The number of carboxylic acid groups (broad SMARTS) is 1. The Morgan fingerprint density at radius 3 is 2.74 bits per heavy atom. The number of carboxylic acids is 1. The minimum atomic E-state index is -1.04. The lowest BCUT2D eigenvalue weighted by Gasteiger charge is -2.25. The highest BCUT2D eigenvalue weighted by Crippen LogP contribution is 2.21.